The summed E-state index contributed by atoms with van der Waals surface area (Å²) in [5.74, 6) is 0. The molecule has 0 heterocycles. The number of aryl methyl sites for hydroxylation is 1. The molecule has 3 nitrogen and oxygen atoms in total. The van der Waals surface area contributed by atoms with Crippen molar-refractivity contribution in [3.8, 4) is 0 Å². The highest BCUT2D eigenvalue weighted by atomic mass is 32.2. The van der Waals surface area contributed by atoms with Crippen LogP contribution in [0.4, 0.5) is 0 Å². The van der Waals surface area contributed by atoms with Gasteiger partial charge >= 0.3 is 0 Å². The first-order chi connectivity index (χ1) is 8.59. The van der Waals surface area contributed by atoms with Gasteiger partial charge in [-0.25, -0.2) is 0 Å². The molecule has 4 heteroatoms. The molecule has 0 saturated carbocycles. The lowest BCUT2D eigenvalue weighted by molar-refractivity contribution is 0.308. The van der Waals surface area contributed by atoms with E-state index in [4.69, 9.17) is 4.18 Å². The highest BCUT2D eigenvalue weighted by Gasteiger charge is 2.17. The summed E-state index contributed by atoms with van der Waals surface area (Å²) in [4.78, 5) is 0.223. The Labute approximate surface area is 107 Å². The van der Waals surface area contributed by atoms with Crippen LogP contribution < -0.4 is 0 Å². The van der Waals surface area contributed by atoms with Gasteiger partial charge in [-0.1, -0.05) is 48.5 Å². The zero-order chi connectivity index (χ0) is 13.0. The number of benzene rings is 2. The minimum absolute atomic E-state index is 0.0531. The molecule has 0 aromatic heterocycles. The molecule has 0 amide bonds. The molecule has 2 rings (SSSR count). The van der Waals surface area contributed by atoms with E-state index >= 15 is 0 Å². The lowest BCUT2D eigenvalue weighted by Crippen LogP contribution is -2.08. The topological polar surface area (TPSA) is 43.4 Å². The van der Waals surface area contributed by atoms with Crippen LogP contribution in [0.25, 0.3) is 0 Å². The fourth-order valence-electron chi connectivity index (χ4n) is 1.62. The standard InChI is InChI=1S/C14H14O3S/c1-12-7-5-6-10-14(12)18(15,16)17-11-13-8-3-2-4-9-13/h2-10H,11H2,1H3. The highest BCUT2D eigenvalue weighted by Crippen LogP contribution is 2.18. The number of hydrogen-bond donors (Lipinski definition) is 0. The van der Waals surface area contributed by atoms with Crippen molar-refractivity contribution in [2.75, 3.05) is 0 Å². The van der Waals surface area contributed by atoms with Crippen LogP contribution in [-0.2, 0) is 20.9 Å². The second kappa shape index (κ2) is 5.33. The molecule has 2 aromatic rings. The van der Waals surface area contributed by atoms with Crippen LogP contribution >= 0.6 is 0 Å². The van der Waals surface area contributed by atoms with Crippen molar-refractivity contribution < 1.29 is 12.6 Å². The summed E-state index contributed by atoms with van der Waals surface area (Å²) in [7, 11) is -3.69. The van der Waals surface area contributed by atoms with E-state index in [2.05, 4.69) is 0 Å². The van der Waals surface area contributed by atoms with E-state index in [1.807, 2.05) is 30.3 Å². The van der Waals surface area contributed by atoms with Crippen molar-refractivity contribution in [2.45, 2.75) is 18.4 Å². The van der Waals surface area contributed by atoms with Gasteiger partial charge < -0.3 is 0 Å². The van der Waals surface area contributed by atoms with Gasteiger partial charge in [-0.2, -0.15) is 8.42 Å². The van der Waals surface area contributed by atoms with Crippen LogP contribution in [-0.4, -0.2) is 8.42 Å². The largest absolute Gasteiger partial charge is 0.297 e. The fraction of sp³-hybridized carbons (Fsp3) is 0.143. The maximum absolute atomic E-state index is 12.0. The normalized spacial score (nSPS) is 11.4. The molecule has 2 aromatic carbocycles. The zero-order valence-electron chi connectivity index (χ0n) is 10.0. The second-order valence-corrected chi connectivity index (χ2v) is 5.55. The molecule has 0 fully saturated rings. The minimum Gasteiger partial charge on any atom is -0.262 e. The highest BCUT2D eigenvalue weighted by molar-refractivity contribution is 7.86. The summed E-state index contributed by atoms with van der Waals surface area (Å²) in [5.41, 5.74) is 1.51. The Hall–Kier alpha value is -1.65. The Morgan fingerprint density at radius 3 is 2.22 bits per heavy atom. The van der Waals surface area contributed by atoms with Gasteiger partial charge in [0, 0.05) is 0 Å². The van der Waals surface area contributed by atoms with Gasteiger partial charge in [0.15, 0.2) is 0 Å². The minimum atomic E-state index is -3.69. The van der Waals surface area contributed by atoms with Gasteiger partial charge in [0.2, 0.25) is 0 Å². The lowest BCUT2D eigenvalue weighted by Gasteiger charge is -2.07. The van der Waals surface area contributed by atoms with Crippen molar-refractivity contribution in [3.05, 3.63) is 65.7 Å². The third-order valence-electron chi connectivity index (χ3n) is 2.59. The third kappa shape index (κ3) is 2.97. The smallest absolute Gasteiger partial charge is 0.262 e. The summed E-state index contributed by atoms with van der Waals surface area (Å²) < 4.78 is 29.1. The number of rotatable bonds is 4. The summed E-state index contributed by atoms with van der Waals surface area (Å²) >= 11 is 0. The summed E-state index contributed by atoms with van der Waals surface area (Å²) in [6.07, 6.45) is 0. The maximum atomic E-state index is 12.0. The fourth-order valence-corrected chi connectivity index (χ4v) is 2.75. The van der Waals surface area contributed by atoms with Crippen LogP contribution in [0.3, 0.4) is 0 Å². The Balaban J connectivity index is 2.16. The quantitative estimate of drug-likeness (QED) is 0.796. The van der Waals surface area contributed by atoms with Crippen molar-refractivity contribution in [3.63, 3.8) is 0 Å². The Morgan fingerprint density at radius 2 is 1.56 bits per heavy atom. The van der Waals surface area contributed by atoms with Crippen molar-refractivity contribution in [2.24, 2.45) is 0 Å². The van der Waals surface area contributed by atoms with E-state index < -0.39 is 10.1 Å². The van der Waals surface area contributed by atoms with Crippen molar-refractivity contribution in [1.82, 2.24) is 0 Å². The van der Waals surface area contributed by atoms with Gasteiger partial charge in [-0.05, 0) is 24.1 Å². The van der Waals surface area contributed by atoms with Gasteiger partial charge in [-0.3, -0.25) is 4.18 Å². The molecule has 0 atom stereocenters. The molecule has 0 saturated heterocycles. The monoisotopic (exact) mass is 262 g/mol. The molecule has 0 unspecified atom stereocenters. The van der Waals surface area contributed by atoms with E-state index in [1.165, 1.54) is 0 Å². The van der Waals surface area contributed by atoms with E-state index in [0.717, 1.165) is 5.56 Å². The Bertz CT molecular complexity index is 618. The molecule has 18 heavy (non-hydrogen) atoms. The molecular formula is C14H14O3S. The third-order valence-corrected chi connectivity index (χ3v) is 4.01. The average Bonchev–Trinajstić information content (AvgIpc) is 2.38. The van der Waals surface area contributed by atoms with Gasteiger partial charge in [0.1, 0.15) is 0 Å². The van der Waals surface area contributed by atoms with Crippen molar-refractivity contribution in [1.29, 1.82) is 0 Å². The van der Waals surface area contributed by atoms with Crippen molar-refractivity contribution >= 4 is 10.1 Å². The van der Waals surface area contributed by atoms with Crippen LogP contribution in [0.1, 0.15) is 11.1 Å². The van der Waals surface area contributed by atoms with Crippen LogP contribution in [0, 0.1) is 6.92 Å². The first-order valence-electron chi connectivity index (χ1n) is 5.58. The molecule has 0 aliphatic rings. The predicted molar refractivity (Wildman–Crippen MR) is 69.6 cm³/mol. The molecule has 0 N–H and O–H groups in total. The second-order valence-electron chi connectivity index (χ2n) is 3.97. The Morgan fingerprint density at radius 1 is 0.944 bits per heavy atom. The molecule has 0 spiro atoms. The van der Waals surface area contributed by atoms with E-state index in [-0.39, 0.29) is 11.5 Å². The zero-order valence-corrected chi connectivity index (χ0v) is 10.9. The molecule has 0 aliphatic carbocycles. The molecular weight excluding hydrogens is 248 g/mol. The van der Waals surface area contributed by atoms with Crippen LogP contribution in [0.5, 0.6) is 0 Å². The van der Waals surface area contributed by atoms with E-state index in [9.17, 15) is 8.42 Å². The van der Waals surface area contributed by atoms with E-state index in [0.29, 0.717) is 5.56 Å². The first-order valence-corrected chi connectivity index (χ1v) is 6.99. The van der Waals surface area contributed by atoms with Crippen LogP contribution in [0.2, 0.25) is 0 Å². The van der Waals surface area contributed by atoms with Gasteiger partial charge in [0.05, 0.1) is 11.5 Å². The lowest BCUT2D eigenvalue weighted by atomic mass is 10.2. The maximum Gasteiger partial charge on any atom is 0.297 e. The molecule has 0 radical (unpaired) electrons. The average molecular weight is 262 g/mol. The van der Waals surface area contributed by atoms with Gasteiger partial charge in [0.25, 0.3) is 10.1 Å². The Kier molecular flexibility index (Phi) is 3.79. The SMILES string of the molecule is Cc1ccccc1S(=O)(=O)OCc1ccccc1. The number of hydrogen-bond acceptors (Lipinski definition) is 3. The van der Waals surface area contributed by atoms with Crippen LogP contribution in [0.15, 0.2) is 59.5 Å². The van der Waals surface area contributed by atoms with E-state index in [1.54, 1.807) is 31.2 Å². The molecule has 94 valence electrons. The first kappa shape index (κ1) is 12.8. The predicted octanol–water partition coefficient (Wildman–Crippen LogP) is 2.90. The van der Waals surface area contributed by atoms with Gasteiger partial charge in [-0.15, -0.1) is 0 Å². The molecule has 0 aliphatic heterocycles. The molecule has 0 bridgehead atoms. The summed E-state index contributed by atoms with van der Waals surface area (Å²) in [6.45, 7) is 1.80. The summed E-state index contributed by atoms with van der Waals surface area (Å²) in [5, 5.41) is 0. The summed E-state index contributed by atoms with van der Waals surface area (Å²) in [6, 6.07) is 16.0.